The summed E-state index contributed by atoms with van der Waals surface area (Å²) in [6.45, 7) is 5.01. The minimum Gasteiger partial charge on any atom is -0.341 e. The molecule has 0 N–H and O–H groups in total. The molecule has 9 heteroatoms. The number of nitrogens with zero attached hydrogens (tertiary/aromatic N) is 5. The molecule has 2 atom stereocenters. The zero-order valence-electron chi connectivity index (χ0n) is 18.3. The summed E-state index contributed by atoms with van der Waals surface area (Å²) in [7, 11) is 0.267. The molecule has 2 aromatic rings. The van der Waals surface area contributed by atoms with E-state index in [-0.39, 0.29) is 16.7 Å². The summed E-state index contributed by atoms with van der Waals surface area (Å²) in [4.78, 5) is 13.7. The van der Waals surface area contributed by atoms with Crippen molar-refractivity contribution in [1.82, 2.24) is 19.2 Å². The van der Waals surface area contributed by atoms with Crippen molar-refractivity contribution in [3.63, 3.8) is 0 Å². The SMILES string of the molecule is Cc1cc(S(=O)(=O)N2C[C@@H](CN(C)C)[C@H](c3ccnc(N4CCCC4)n3)C2)ccc1F. The van der Waals surface area contributed by atoms with Gasteiger partial charge in [-0.2, -0.15) is 4.31 Å². The van der Waals surface area contributed by atoms with E-state index in [0.29, 0.717) is 18.7 Å². The van der Waals surface area contributed by atoms with E-state index >= 15 is 0 Å². The van der Waals surface area contributed by atoms with Crippen LogP contribution in [0.4, 0.5) is 10.3 Å². The van der Waals surface area contributed by atoms with Crippen LogP contribution in [0.15, 0.2) is 35.4 Å². The van der Waals surface area contributed by atoms with Gasteiger partial charge in [-0.15, -0.1) is 0 Å². The Hall–Kier alpha value is -2.10. The summed E-state index contributed by atoms with van der Waals surface area (Å²) in [5.41, 5.74) is 1.21. The number of hydrogen-bond acceptors (Lipinski definition) is 6. The maximum absolute atomic E-state index is 13.7. The van der Waals surface area contributed by atoms with Crippen molar-refractivity contribution in [1.29, 1.82) is 0 Å². The monoisotopic (exact) mass is 447 g/mol. The van der Waals surface area contributed by atoms with Gasteiger partial charge in [0.25, 0.3) is 0 Å². The second kappa shape index (κ2) is 8.80. The molecule has 3 heterocycles. The lowest BCUT2D eigenvalue weighted by Crippen LogP contribution is -2.31. The summed E-state index contributed by atoms with van der Waals surface area (Å²) < 4.78 is 41.9. The van der Waals surface area contributed by atoms with E-state index in [9.17, 15) is 12.8 Å². The molecule has 168 valence electrons. The lowest BCUT2D eigenvalue weighted by molar-refractivity contribution is 0.315. The smallest absolute Gasteiger partial charge is 0.243 e. The highest BCUT2D eigenvalue weighted by molar-refractivity contribution is 7.89. The molecule has 31 heavy (non-hydrogen) atoms. The van der Waals surface area contributed by atoms with Gasteiger partial charge in [-0.3, -0.25) is 0 Å². The van der Waals surface area contributed by atoms with Crippen molar-refractivity contribution in [3.05, 3.63) is 47.5 Å². The van der Waals surface area contributed by atoms with E-state index in [2.05, 4.69) is 14.8 Å². The van der Waals surface area contributed by atoms with E-state index in [1.807, 2.05) is 20.2 Å². The Morgan fingerprint density at radius 1 is 1.16 bits per heavy atom. The maximum Gasteiger partial charge on any atom is 0.243 e. The molecule has 2 aliphatic rings. The number of aryl methyl sites for hydroxylation is 1. The highest BCUT2D eigenvalue weighted by atomic mass is 32.2. The van der Waals surface area contributed by atoms with Crippen molar-refractivity contribution in [2.75, 3.05) is 51.7 Å². The van der Waals surface area contributed by atoms with Crippen molar-refractivity contribution < 1.29 is 12.8 Å². The van der Waals surface area contributed by atoms with Crippen molar-refractivity contribution in [2.45, 2.75) is 30.6 Å². The van der Waals surface area contributed by atoms with Crippen molar-refractivity contribution in [3.8, 4) is 0 Å². The van der Waals surface area contributed by atoms with Crippen LogP contribution in [0.1, 0.15) is 30.0 Å². The van der Waals surface area contributed by atoms with Gasteiger partial charge < -0.3 is 9.80 Å². The topological polar surface area (TPSA) is 69.6 Å². The first-order valence-electron chi connectivity index (χ1n) is 10.7. The Balaban J connectivity index is 1.63. The number of aromatic nitrogens is 2. The standard InChI is InChI=1S/C22H30FN5O2S/c1-16-12-18(6-7-20(16)23)31(29,30)28-14-17(13-26(2)3)19(15-28)21-8-9-24-22(25-21)27-10-4-5-11-27/h6-9,12,17,19H,4-5,10-11,13-15H2,1-3H3/t17-,19-/m1/s1. The first-order chi connectivity index (χ1) is 14.8. The van der Waals surface area contributed by atoms with Gasteiger partial charge >= 0.3 is 0 Å². The number of hydrogen-bond donors (Lipinski definition) is 0. The fourth-order valence-corrected chi connectivity index (χ4v) is 6.19. The predicted molar refractivity (Wildman–Crippen MR) is 118 cm³/mol. The minimum absolute atomic E-state index is 0.0249. The second-order valence-corrected chi connectivity index (χ2v) is 10.8. The van der Waals surface area contributed by atoms with Gasteiger partial charge in [-0.05, 0) is 69.6 Å². The Kier molecular flexibility index (Phi) is 6.27. The third-order valence-electron chi connectivity index (χ3n) is 6.21. The zero-order valence-corrected chi connectivity index (χ0v) is 19.1. The van der Waals surface area contributed by atoms with E-state index < -0.39 is 15.8 Å². The van der Waals surface area contributed by atoms with Crippen LogP contribution in [-0.2, 0) is 10.0 Å². The van der Waals surface area contributed by atoms with Crippen LogP contribution in [0.5, 0.6) is 0 Å². The lowest BCUT2D eigenvalue weighted by atomic mass is 9.92. The van der Waals surface area contributed by atoms with E-state index in [0.717, 1.165) is 44.1 Å². The van der Waals surface area contributed by atoms with Crippen LogP contribution in [-0.4, -0.2) is 74.4 Å². The lowest BCUT2D eigenvalue weighted by Gasteiger charge is -2.22. The molecule has 4 rings (SSSR count). The van der Waals surface area contributed by atoms with E-state index in [4.69, 9.17) is 4.98 Å². The largest absolute Gasteiger partial charge is 0.341 e. The first-order valence-corrected chi connectivity index (χ1v) is 12.2. The molecule has 2 fully saturated rings. The van der Waals surface area contributed by atoms with Crippen LogP contribution >= 0.6 is 0 Å². The molecule has 0 bridgehead atoms. The van der Waals surface area contributed by atoms with Gasteiger partial charge in [0, 0.05) is 44.8 Å². The Bertz CT molecular complexity index is 1040. The van der Waals surface area contributed by atoms with Crippen LogP contribution in [0, 0.1) is 18.7 Å². The van der Waals surface area contributed by atoms with Crippen LogP contribution < -0.4 is 4.90 Å². The minimum atomic E-state index is -3.72. The molecule has 1 aromatic carbocycles. The van der Waals surface area contributed by atoms with Crippen molar-refractivity contribution in [2.24, 2.45) is 5.92 Å². The summed E-state index contributed by atoms with van der Waals surface area (Å²) in [5, 5.41) is 0. The van der Waals surface area contributed by atoms with Crippen molar-refractivity contribution >= 4 is 16.0 Å². The predicted octanol–water partition coefficient (Wildman–Crippen LogP) is 2.49. The van der Waals surface area contributed by atoms with Gasteiger partial charge in [0.1, 0.15) is 5.82 Å². The zero-order chi connectivity index (χ0) is 22.2. The molecule has 0 saturated carbocycles. The van der Waals surface area contributed by atoms with E-state index in [1.54, 1.807) is 13.1 Å². The summed E-state index contributed by atoms with van der Waals surface area (Å²) in [6.07, 6.45) is 4.07. The number of sulfonamides is 1. The fraction of sp³-hybridized carbons (Fsp3) is 0.545. The third-order valence-corrected chi connectivity index (χ3v) is 8.04. The Labute approximate surface area is 184 Å². The summed E-state index contributed by atoms with van der Waals surface area (Å²) in [6, 6.07) is 5.89. The first kappa shape index (κ1) is 22.1. The van der Waals surface area contributed by atoms with Crippen LogP contribution in [0.25, 0.3) is 0 Å². The highest BCUT2D eigenvalue weighted by Crippen LogP contribution is 2.36. The Morgan fingerprint density at radius 2 is 1.90 bits per heavy atom. The quantitative estimate of drug-likeness (QED) is 0.678. The molecule has 0 radical (unpaired) electrons. The molecule has 0 unspecified atom stereocenters. The molecule has 2 aliphatic heterocycles. The number of benzene rings is 1. The molecule has 0 aliphatic carbocycles. The number of rotatable bonds is 6. The molecule has 1 aromatic heterocycles. The summed E-state index contributed by atoms with van der Waals surface area (Å²) in [5.74, 6) is 0.406. The maximum atomic E-state index is 13.7. The third kappa shape index (κ3) is 4.58. The second-order valence-electron chi connectivity index (χ2n) is 8.84. The van der Waals surface area contributed by atoms with Gasteiger partial charge in [0.2, 0.25) is 16.0 Å². The average Bonchev–Trinajstić information content (AvgIpc) is 3.40. The molecule has 0 amide bonds. The number of halogens is 1. The molecule has 0 spiro atoms. The molecular weight excluding hydrogens is 417 g/mol. The molecule has 2 saturated heterocycles. The van der Waals surface area contributed by atoms with Gasteiger partial charge in [0.15, 0.2) is 0 Å². The van der Waals surface area contributed by atoms with E-state index in [1.165, 1.54) is 22.5 Å². The molecular formula is C22H30FN5O2S. The fourth-order valence-electron chi connectivity index (χ4n) is 4.58. The van der Waals surface area contributed by atoms with Crippen LogP contribution in [0.3, 0.4) is 0 Å². The van der Waals surface area contributed by atoms with Gasteiger partial charge in [-0.25, -0.2) is 22.8 Å². The average molecular weight is 448 g/mol. The normalized spacial score (nSPS) is 22.5. The molecule has 7 nitrogen and oxygen atoms in total. The summed E-state index contributed by atoms with van der Waals surface area (Å²) >= 11 is 0. The van der Waals surface area contributed by atoms with Crippen LogP contribution in [0.2, 0.25) is 0 Å². The highest BCUT2D eigenvalue weighted by Gasteiger charge is 2.41. The number of anilines is 1. The Morgan fingerprint density at radius 3 is 2.58 bits per heavy atom. The van der Waals surface area contributed by atoms with Gasteiger partial charge in [-0.1, -0.05) is 0 Å². The van der Waals surface area contributed by atoms with Gasteiger partial charge in [0.05, 0.1) is 10.6 Å².